The molecular weight excluding hydrogens is 176 g/mol. The zero-order valence-corrected chi connectivity index (χ0v) is 8.54. The van der Waals surface area contributed by atoms with Gasteiger partial charge in [-0.3, -0.25) is 4.79 Å². The molecule has 14 heavy (non-hydrogen) atoms. The van der Waals surface area contributed by atoms with Gasteiger partial charge in [-0.15, -0.1) is 6.58 Å². The molecule has 0 aliphatic heterocycles. The number of hydrogen-bond acceptors (Lipinski definition) is 2. The molecule has 0 N–H and O–H groups in total. The summed E-state index contributed by atoms with van der Waals surface area (Å²) in [6.45, 7) is 7.07. The van der Waals surface area contributed by atoms with Crippen LogP contribution >= 0.6 is 0 Å². The predicted octanol–water partition coefficient (Wildman–Crippen LogP) is 2.65. The van der Waals surface area contributed by atoms with Gasteiger partial charge in [0.2, 0.25) is 0 Å². The molecule has 1 aromatic rings. The minimum atomic E-state index is -0.291. The maximum Gasteiger partial charge on any atom is 0.308 e. The molecule has 0 saturated heterocycles. The number of benzene rings is 1. The van der Waals surface area contributed by atoms with Gasteiger partial charge in [0.1, 0.15) is 5.75 Å². The molecule has 0 spiro atoms. The molecule has 0 atom stereocenters. The van der Waals surface area contributed by atoms with Gasteiger partial charge in [-0.05, 0) is 25.0 Å². The molecule has 0 saturated carbocycles. The molecule has 1 aromatic carbocycles. The van der Waals surface area contributed by atoms with E-state index >= 15 is 0 Å². The van der Waals surface area contributed by atoms with E-state index in [2.05, 4.69) is 6.58 Å². The summed E-state index contributed by atoms with van der Waals surface area (Å²) >= 11 is 0. The van der Waals surface area contributed by atoms with Gasteiger partial charge in [-0.2, -0.15) is 0 Å². The summed E-state index contributed by atoms with van der Waals surface area (Å²) in [5.41, 5.74) is 2.14. The number of rotatable bonds is 3. The minimum Gasteiger partial charge on any atom is -0.426 e. The van der Waals surface area contributed by atoms with Crippen LogP contribution in [0.1, 0.15) is 18.1 Å². The molecule has 0 unspecified atom stereocenters. The lowest BCUT2D eigenvalue weighted by Gasteiger charge is -2.09. The quantitative estimate of drug-likeness (QED) is 0.416. The van der Waals surface area contributed by atoms with Gasteiger partial charge in [0.05, 0.1) is 0 Å². The van der Waals surface area contributed by atoms with Gasteiger partial charge >= 0.3 is 5.97 Å². The topological polar surface area (TPSA) is 26.3 Å². The van der Waals surface area contributed by atoms with Crippen LogP contribution in [0.15, 0.2) is 30.9 Å². The van der Waals surface area contributed by atoms with Crippen molar-refractivity contribution < 1.29 is 9.53 Å². The lowest BCUT2D eigenvalue weighted by atomic mass is 10.0. The molecule has 0 aromatic heterocycles. The number of carbonyl (C=O) groups excluding carboxylic acids is 1. The summed E-state index contributed by atoms with van der Waals surface area (Å²) in [6, 6.07) is 5.67. The second-order valence-corrected chi connectivity index (χ2v) is 3.14. The normalized spacial score (nSPS) is 9.57. The Bertz CT molecular complexity index is 353. The largest absolute Gasteiger partial charge is 0.426 e. The second-order valence-electron chi connectivity index (χ2n) is 3.14. The van der Waals surface area contributed by atoms with Crippen LogP contribution in [0.4, 0.5) is 0 Å². The van der Waals surface area contributed by atoms with Crippen LogP contribution in [-0.4, -0.2) is 5.97 Å². The van der Waals surface area contributed by atoms with E-state index < -0.39 is 0 Å². The lowest BCUT2D eigenvalue weighted by Crippen LogP contribution is -2.04. The van der Waals surface area contributed by atoms with Crippen molar-refractivity contribution >= 4 is 5.97 Å². The molecule has 0 bridgehead atoms. The van der Waals surface area contributed by atoms with Crippen molar-refractivity contribution in [1.82, 2.24) is 0 Å². The Morgan fingerprint density at radius 1 is 1.57 bits per heavy atom. The van der Waals surface area contributed by atoms with Crippen LogP contribution in [0.25, 0.3) is 0 Å². The molecular formula is C12H14O2. The highest BCUT2D eigenvalue weighted by molar-refractivity contribution is 5.70. The van der Waals surface area contributed by atoms with Gasteiger partial charge in [0, 0.05) is 12.5 Å². The van der Waals surface area contributed by atoms with E-state index in [0.717, 1.165) is 17.5 Å². The highest BCUT2D eigenvalue weighted by atomic mass is 16.5. The van der Waals surface area contributed by atoms with Crippen molar-refractivity contribution in [3.05, 3.63) is 42.0 Å². The van der Waals surface area contributed by atoms with Crippen LogP contribution in [0.5, 0.6) is 5.75 Å². The molecule has 2 nitrogen and oxygen atoms in total. The van der Waals surface area contributed by atoms with E-state index in [-0.39, 0.29) is 5.97 Å². The van der Waals surface area contributed by atoms with Crippen LogP contribution in [0.2, 0.25) is 0 Å². The number of ether oxygens (including phenoxy) is 1. The Hall–Kier alpha value is -1.57. The average molecular weight is 190 g/mol. The molecule has 0 aliphatic rings. The van der Waals surface area contributed by atoms with Crippen molar-refractivity contribution in [2.24, 2.45) is 0 Å². The zero-order chi connectivity index (χ0) is 10.6. The van der Waals surface area contributed by atoms with Gasteiger partial charge in [-0.1, -0.05) is 18.2 Å². The first kappa shape index (κ1) is 10.5. The number of carbonyl (C=O) groups is 1. The third-order valence-corrected chi connectivity index (χ3v) is 1.97. The van der Waals surface area contributed by atoms with Crippen molar-refractivity contribution in [2.75, 3.05) is 0 Å². The molecule has 0 radical (unpaired) electrons. The van der Waals surface area contributed by atoms with Gasteiger partial charge in [-0.25, -0.2) is 0 Å². The van der Waals surface area contributed by atoms with Crippen molar-refractivity contribution in [2.45, 2.75) is 20.3 Å². The maximum atomic E-state index is 10.8. The van der Waals surface area contributed by atoms with E-state index in [9.17, 15) is 4.79 Å². The fraction of sp³-hybridized carbons (Fsp3) is 0.250. The third-order valence-electron chi connectivity index (χ3n) is 1.97. The summed E-state index contributed by atoms with van der Waals surface area (Å²) < 4.78 is 5.09. The van der Waals surface area contributed by atoms with Crippen LogP contribution in [0, 0.1) is 6.92 Å². The Morgan fingerprint density at radius 2 is 2.29 bits per heavy atom. The van der Waals surface area contributed by atoms with Crippen LogP contribution in [0.3, 0.4) is 0 Å². The highest BCUT2D eigenvalue weighted by Crippen LogP contribution is 2.22. The smallest absolute Gasteiger partial charge is 0.308 e. The lowest BCUT2D eigenvalue weighted by molar-refractivity contribution is -0.131. The monoisotopic (exact) mass is 190 g/mol. The molecule has 0 aliphatic carbocycles. The van der Waals surface area contributed by atoms with E-state index in [1.54, 1.807) is 12.1 Å². The van der Waals surface area contributed by atoms with Crippen LogP contribution in [-0.2, 0) is 11.2 Å². The van der Waals surface area contributed by atoms with E-state index in [1.807, 2.05) is 19.1 Å². The number of aryl methyl sites for hydroxylation is 1. The van der Waals surface area contributed by atoms with Crippen molar-refractivity contribution in [3.8, 4) is 5.75 Å². The van der Waals surface area contributed by atoms with Gasteiger partial charge in [0.15, 0.2) is 0 Å². The number of hydrogen-bond donors (Lipinski definition) is 0. The zero-order valence-electron chi connectivity index (χ0n) is 8.54. The standard InChI is InChI=1S/C12H14O2/c1-4-6-11-9(2)7-5-8-12(11)14-10(3)13/h4-5,7-8H,1,6H2,2-3H3. The molecule has 2 heteroatoms. The molecule has 74 valence electrons. The fourth-order valence-electron chi connectivity index (χ4n) is 1.33. The number of allylic oxidation sites excluding steroid dienone is 1. The second kappa shape index (κ2) is 4.61. The third kappa shape index (κ3) is 2.46. The van der Waals surface area contributed by atoms with E-state index in [4.69, 9.17) is 4.74 Å². The first-order chi connectivity index (χ1) is 6.65. The molecule has 0 fully saturated rings. The first-order valence-corrected chi connectivity index (χ1v) is 4.53. The summed E-state index contributed by atoms with van der Waals surface area (Å²) in [5.74, 6) is 0.346. The summed E-state index contributed by atoms with van der Waals surface area (Å²) in [5, 5.41) is 0. The molecule has 0 amide bonds. The van der Waals surface area contributed by atoms with Crippen LogP contribution < -0.4 is 4.74 Å². The number of esters is 1. The van der Waals surface area contributed by atoms with Gasteiger partial charge in [0.25, 0.3) is 0 Å². The maximum absolute atomic E-state index is 10.8. The molecule has 0 heterocycles. The fourth-order valence-corrected chi connectivity index (χ4v) is 1.33. The van der Waals surface area contributed by atoms with E-state index in [0.29, 0.717) is 5.75 Å². The first-order valence-electron chi connectivity index (χ1n) is 4.53. The van der Waals surface area contributed by atoms with Gasteiger partial charge < -0.3 is 4.74 Å². The Balaban J connectivity index is 3.06. The Kier molecular flexibility index (Phi) is 3.46. The van der Waals surface area contributed by atoms with Crippen molar-refractivity contribution in [3.63, 3.8) is 0 Å². The Labute approximate surface area is 84.2 Å². The SMILES string of the molecule is C=CCc1c(C)cccc1OC(C)=O. The predicted molar refractivity (Wildman–Crippen MR) is 56.4 cm³/mol. The highest BCUT2D eigenvalue weighted by Gasteiger charge is 2.06. The molecule has 1 rings (SSSR count). The summed E-state index contributed by atoms with van der Waals surface area (Å²) in [6.07, 6.45) is 2.52. The van der Waals surface area contributed by atoms with Crippen molar-refractivity contribution in [1.29, 1.82) is 0 Å². The summed E-state index contributed by atoms with van der Waals surface area (Å²) in [7, 11) is 0. The Morgan fingerprint density at radius 3 is 2.86 bits per heavy atom. The average Bonchev–Trinajstić information content (AvgIpc) is 2.10. The minimum absolute atomic E-state index is 0.291. The summed E-state index contributed by atoms with van der Waals surface area (Å²) in [4.78, 5) is 10.8. The van der Waals surface area contributed by atoms with E-state index in [1.165, 1.54) is 6.92 Å².